The Bertz CT molecular complexity index is 609. The third-order valence-electron chi connectivity index (χ3n) is 3.20. The Morgan fingerprint density at radius 3 is 3.05 bits per heavy atom. The second-order valence-corrected chi connectivity index (χ2v) is 5.74. The van der Waals surface area contributed by atoms with E-state index in [1.54, 1.807) is 18.4 Å². The zero-order valence-corrected chi connectivity index (χ0v) is 11.8. The highest BCUT2D eigenvalue weighted by Crippen LogP contribution is 2.40. The van der Waals surface area contributed by atoms with Crippen molar-refractivity contribution in [3.05, 3.63) is 28.8 Å². The van der Waals surface area contributed by atoms with Crippen molar-refractivity contribution in [2.24, 2.45) is 5.73 Å². The van der Waals surface area contributed by atoms with E-state index in [0.717, 1.165) is 33.4 Å². The molecule has 4 nitrogen and oxygen atoms in total. The number of hydrogen-bond donors (Lipinski definition) is 1. The van der Waals surface area contributed by atoms with Gasteiger partial charge in [-0.1, -0.05) is 0 Å². The first kappa shape index (κ1) is 12.4. The highest BCUT2D eigenvalue weighted by atomic mass is 32.1. The second kappa shape index (κ2) is 4.83. The van der Waals surface area contributed by atoms with E-state index in [1.807, 2.05) is 12.3 Å². The van der Waals surface area contributed by atoms with Crippen LogP contribution in [0.25, 0.3) is 10.6 Å². The van der Waals surface area contributed by atoms with Crippen LogP contribution in [0.4, 0.5) is 0 Å². The van der Waals surface area contributed by atoms with E-state index in [1.165, 1.54) is 5.56 Å². The summed E-state index contributed by atoms with van der Waals surface area (Å²) in [5.41, 5.74) is 7.80. The first-order chi connectivity index (χ1) is 9.21. The quantitative estimate of drug-likeness (QED) is 0.936. The molecule has 1 aliphatic heterocycles. The lowest BCUT2D eigenvalue weighted by Crippen LogP contribution is -2.05. The van der Waals surface area contributed by atoms with E-state index in [2.05, 4.69) is 18.0 Å². The number of thiazole rings is 1. The molecule has 0 radical (unpaired) electrons. The number of benzene rings is 1. The van der Waals surface area contributed by atoms with Crippen molar-refractivity contribution < 1.29 is 9.47 Å². The Morgan fingerprint density at radius 2 is 2.37 bits per heavy atom. The van der Waals surface area contributed by atoms with Crippen molar-refractivity contribution in [3.8, 4) is 22.1 Å². The van der Waals surface area contributed by atoms with Crippen molar-refractivity contribution in [1.29, 1.82) is 0 Å². The summed E-state index contributed by atoms with van der Waals surface area (Å²) in [5.74, 6) is 1.78. The maximum atomic E-state index is 5.80. The summed E-state index contributed by atoms with van der Waals surface area (Å²) in [6, 6.07) is 4.08. The van der Waals surface area contributed by atoms with Crippen LogP contribution in [0, 0.1) is 0 Å². The highest BCUT2D eigenvalue weighted by molar-refractivity contribution is 7.15. The maximum Gasteiger partial charge on any atom is 0.129 e. The molecule has 19 heavy (non-hydrogen) atoms. The Balaban J connectivity index is 2.07. The molecule has 1 aromatic carbocycles. The maximum absolute atomic E-state index is 5.80. The number of nitrogens with two attached hydrogens (primary N) is 1. The molecule has 0 saturated heterocycles. The van der Waals surface area contributed by atoms with Crippen molar-refractivity contribution in [2.45, 2.75) is 26.0 Å². The molecular formula is C14H16N2O2S. The monoisotopic (exact) mass is 276 g/mol. The standard InChI is InChI=1S/C14H16N2O2S/c1-8-3-9-4-13(17-2)11(5-12(9)18-8)14-16-7-10(6-15)19-14/h4-5,7-8H,3,6,15H2,1-2H3. The van der Waals surface area contributed by atoms with Gasteiger partial charge in [-0.25, -0.2) is 4.98 Å². The van der Waals surface area contributed by atoms with Gasteiger partial charge in [-0.3, -0.25) is 0 Å². The number of aromatic nitrogens is 1. The fraction of sp³-hybridized carbons (Fsp3) is 0.357. The zero-order chi connectivity index (χ0) is 13.4. The Kier molecular flexibility index (Phi) is 3.16. The van der Waals surface area contributed by atoms with Crippen molar-refractivity contribution in [2.75, 3.05) is 7.11 Å². The van der Waals surface area contributed by atoms with Gasteiger partial charge in [0.2, 0.25) is 0 Å². The van der Waals surface area contributed by atoms with Crippen LogP contribution in [-0.2, 0) is 13.0 Å². The first-order valence-corrected chi connectivity index (χ1v) is 7.05. The molecule has 0 aliphatic carbocycles. The first-order valence-electron chi connectivity index (χ1n) is 6.24. The van der Waals surface area contributed by atoms with Gasteiger partial charge in [0.05, 0.1) is 12.7 Å². The van der Waals surface area contributed by atoms with Gasteiger partial charge in [0, 0.05) is 29.6 Å². The summed E-state index contributed by atoms with van der Waals surface area (Å²) in [7, 11) is 1.68. The molecule has 0 amide bonds. The molecule has 0 bridgehead atoms. The van der Waals surface area contributed by atoms with Crippen molar-refractivity contribution in [1.82, 2.24) is 4.98 Å². The van der Waals surface area contributed by atoms with Crippen LogP contribution in [0.1, 0.15) is 17.4 Å². The van der Waals surface area contributed by atoms with Crippen molar-refractivity contribution in [3.63, 3.8) is 0 Å². The molecule has 5 heteroatoms. The molecule has 0 saturated carbocycles. The molecule has 1 unspecified atom stereocenters. The third-order valence-corrected chi connectivity index (χ3v) is 4.26. The second-order valence-electron chi connectivity index (χ2n) is 4.63. The molecule has 1 aromatic heterocycles. The van der Waals surface area contributed by atoms with Gasteiger partial charge in [-0.05, 0) is 19.1 Å². The molecule has 2 heterocycles. The van der Waals surface area contributed by atoms with Gasteiger partial charge < -0.3 is 15.2 Å². The van der Waals surface area contributed by atoms with Gasteiger partial charge >= 0.3 is 0 Å². The van der Waals surface area contributed by atoms with Gasteiger partial charge in [0.1, 0.15) is 22.6 Å². The molecule has 0 fully saturated rings. The van der Waals surface area contributed by atoms with E-state index < -0.39 is 0 Å². The van der Waals surface area contributed by atoms with Crippen LogP contribution in [0.3, 0.4) is 0 Å². The van der Waals surface area contributed by atoms with Gasteiger partial charge in [0.15, 0.2) is 0 Å². The molecule has 1 atom stereocenters. The summed E-state index contributed by atoms with van der Waals surface area (Å²) in [6.45, 7) is 2.58. The largest absolute Gasteiger partial charge is 0.496 e. The highest BCUT2D eigenvalue weighted by Gasteiger charge is 2.23. The predicted molar refractivity (Wildman–Crippen MR) is 75.8 cm³/mol. The average Bonchev–Trinajstić information content (AvgIpc) is 3.01. The van der Waals surface area contributed by atoms with Crippen molar-refractivity contribution >= 4 is 11.3 Å². The minimum atomic E-state index is 0.228. The molecule has 2 N–H and O–H groups in total. The van der Waals surface area contributed by atoms with Gasteiger partial charge in [-0.15, -0.1) is 11.3 Å². The molecule has 2 aromatic rings. The van der Waals surface area contributed by atoms with Crippen LogP contribution in [-0.4, -0.2) is 18.2 Å². The predicted octanol–water partition coefficient (Wildman–Crippen LogP) is 2.60. The minimum Gasteiger partial charge on any atom is -0.496 e. The fourth-order valence-corrected chi connectivity index (χ4v) is 3.11. The lowest BCUT2D eigenvalue weighted by Gasteiger charge is -2.09. The van der Waals surface area contributed by atoms with Gasteiger partial charge in [-0.2, -0.15) is 0 Å². The Hall–Kier alpha value is -1.59. The Labute approximate surface area is 116 Å². The van der Waals surface area contributed by atoms with Gasteiger partial charge in [0.25, 0.3) is 0 Å². The van der Waals surface area contributed by atoms with E-state index in [9.17, 15) is 0 Å². The summed E-state index contributed by atoms with van der Waals surface area (Å²) in [5, 5.41) is 0.920. The van der Waals surface area contributed by atoms with Crippen LogP contribution < -0.4 is 15.2 Å². The van der Waals surface area contributed by atoms with E-state index in [0.29, 0.717) is 6.54 Å². The smallest absolute Gasteiger partial charge is 0.129 e. The summed E-state index contributed by atoms with van der Waals surface area (Å²) in [6.07, 6.45) is 2.97. The summed E-state index contributed by atoms with van der Waals surface area (Å²) >= 11 is 1.59. The summed E-state index contributed by atoms with van der Waals surface area (Å²) < 4.78 is 11.3. The number of ether oxygens (including phenoxy) is 2. The fourth-order valence-electron chi connectivity index (χ4n) is 2.30. The van der Waals surface area contributed by atoms with E-state index >= 15 is 0 Å². The number of methoxy groups -OCH3 is 1. The van der Waals surface area contributed by atoms with Crippen LogP contribution in [0.15, 0.2) is 18.3 Å². The van der Waals surface area contributed by atoms with Crippen LogP contribution in [0.5, 0.6) is 11.5 Å². The molecular weight excluding hydrogens is 260 g/mol. The summed E-state index contributed by atoms with van der Waals surface area (Å²) in [4.78, 5) is 5.48. The number of nitrogens with zero attached hydrogens (tertiary/aromatic N) is 1. The lowest BCUT2D eigenvalue weighted by atomic mass is 10.1. The Morgan fingerprint density at radius 1 is 1.53 bits per heavy atom. The molecule has 0 spiro atoms. The van der Waals surface area contributed by atoms with Crippen LogP contribution >= 0.6 is 11.3 Å². The number of hydrogen-bond acceptors (Lipinski definition) is 5. The topological polar surface area (TPSA) is 57.4 Å². The number of fused-ring (bicyclic) bond motifs is 1. The van der Waals surface area contributed by atoms with E-state index in [4.69, 9.17) is 15.2 Å². The molecule has 100 valence electrons. The van der Waals surface area contributed by atoms with Crippen LogP contribution in [0.2, 0.25) is 0 Å². The normalized spacial score (nSPS) is 17.1. The lowest BCUT2D eigenvalue weighted by molar-refractivity contribution is 0.254. The van der Waals surface area contributed by atoms with E-state index in [-0.39, 0.29) is 6.10 Å². The minimum absolute atomic E-state index is 0.228. The molecule has 1 aliphatic rings. The zero-order valence-electron chi connectivity index (χ0n) is 11.0. The SMILES string of the molecule is COc1cc2c(cc1-c1ncc(CN)s1)OC(C)C2. The third kappa shape index (κ3) is 2.19. The number of rotatable bonds is 3. The molecule has 3 rings (SSSR count). The average molecular weight is 276 g/mol.